The van der Waals surface area contributed by atoms with Crippen molar-refractivity contribution >= 4 is 35.4 Å². The summed E-state index contributed by atoms with van der Waals surface area (Å²) in [7, 11) is 1.64. The molecule has 1 aromatic carbocycles. The predicted octanol–water partition coefficient (Wildman–Crippen LogP) is 2.36. The molecular weight excluding hydrogens is 439 g/mol. The highest BCUT2D eigenvalue weighted by Gasteiger charge is 2.56. The van der Waals surface area contributed by atoms with E-state index in [0.717, 1.165) is 30.2 Å². The van der Waals surface area contributed by atoms with Gasteiger partial charge in [0.2, 0.25) is 5.91 Å². The Morgan fingerprint density at radius 1 is 1.03 bits per heavy atom. The fourth-order valence-electron chi connectivity index (χ4n) is 4.90. The number of rotatable bonds is 3. The van der Waals surface area contributed by atoms with Gasteiger partial charge in [-0.3, -0.25) is 19.3 Å². The van der Waals surface area contributed by atoms with Gasteiger partial charge in [0.25, 0.3) is 11.8 Å². The van der Waals surface area contributed by atoms with Gasteiger partial charge in [-0.25, -0.2) is 9.18 Å². The van der Waals surface area contributed by atoms with Crippen LogP contribution in [-0.4, -0.2) is 88.7 Å². The number of likely N-dealkylation sites (N-methyl/N-ethyl adjacent to an activating group) is 1. The lowest BCUT2D eigenvalue weighted by atomic mass is 9.81. The van der Waals surface area contributed by atoms with E-state index in [0.29, 0.717) is 12.8 Å². The summed E-state index contributed by atoms with van der Waals surface area (Å²) in [6, 6.07) is 3.19. The fraction of sp³-hybridized carbons (Fsp3) is 0.545. The molecule has 10 heteroatoms. The topological polar surface area (TPSA) is 81.2 Å². The molecule has 0 aromatic heterocycles. The summed E-state index contributed by atoms with van der Waals surface area (Å²) in [4.78, 5) is 57.0. The summed E-state index contributed by atoms with van der Waals surface area (Å²) in [6.07, 6.45) is 4.08. The van der Waals surface area contributed by atoms with E-state index in [4.69, 9.17) is 11.6 Å². The molecule has 5 amide bonds. The van der Waals surface area contributed by atoms with Crippen LogP contribution in [0.2, 0.25) is 5.02 Å². The number of hydrogen-bond donors (Lipinski definition) is 0. The van der Waals surface area contributed by atoms with Crippen molar-refractivity contribution in [2.45, 2.75) is 37.6 Å². The molecule has 0 N–H and O–H groups in total. The Hall–Kier alpha value is -2.68. The summed E-state index contributed by atoms with van der Waals surface area (Å²) in [5, 5.41) is 0.0420. The third-order valence-electron chi connectivity index (χ3n) is 6.86. The number of hydrogen-bond acceptors (Lipinski definition) is 4. The van der Waals surface area contributed by atoms with Crippen LogP contribution in [0.1, 0.15) is 42.5 Å². The second-order valence-corrected chi connectivity index (χ2v) is 9.03. The Bertz CT molecular complexity index is 957. The molecule has 0 bridgehead atoms. The Morgan fingerprint density at radius 2 is 1.66 bits per heavy atom. The Kier molecular flexibility index (Phi) is 6.11. The van der Waals surface area contributed by atoms with Gasteiger partial charge in [-0.05, 0) is 31.0 Å². The van der Waals surface area contributed by atoms with Gasteiger partial charge in [0.1, 0.15) is 17.9 Å². The van der Waals surface area contributed by atoms with E-state index in [1.165, 1.54) is 17.0 Å². The number of nitrogens with zero attached hydrogens (tertiary/aromatic N) is 4. The van der Waals surface area contributed by atoms with E-state index in [-0.39, 0.29) is 61.0 Å². The maximum atomic E-state index is 13.2. The number of carbonyl (C=O) groups excluding carboxylic acids is 4. The minimum atomic E-state index is -0.810. The SMILES string of the molecule is CN1C(=O)N(CC(=O)N2CCN(C(=O)c3ccc(F)cc3Cl)CC2)C(=O)C12CCCCC2. The highest BCUT2D eigenvalue weighted by molar-refractivity contribution is 6.33. The van der Waals surface area contributed by atoms with Crippen molar-refractivity contribution in [2.24, 2.45) is 0 Å². The van der Waals surface area contributed by atoms with Crippen LogP contribution in [0, 0.1) is 5.82 Å². The van der Waals surface area contributed by atoms with Gasteiger partial charge in [-0.2, -0.15) is 0 Å². The van der Waals surface area contributed by atoms with E-state index in [1.807, 2.05) is 0 Å². The Morgan fingerprint density at radius 3 is 2.28 bits per heavy atom. The Balaban J connectivity index is 1.36. The normalized spacial score (nSPS) is 21.0. The van der Waals surface area contributed by atoms with E-state index >= 15 is 0 Å². The van der Waals surface area contributed by atoms with Crippen LogP contribution in [0.3, 0.4) is 0 Å². The molecule has 1 aromatic rings. The average molecular weight is 465 g/mol. The quantitative estimate of drug-likeness (QED) is 0.643. The van der Waals surface area contributed by atoms with Crippen LogP contribution >= 0.6 is 11.6 Å². The monoisotopic (exact) mass is 464 g/mol. The molecule has 3 fully saturated rings. The maximum Gasteiger partial charge on any atom is 0.327 e. The summed E-state index contributed by atoms with van der Waals surface area (Å²) < 4.78 is 13.2. The highest BCUT2D eigenvalue weighted by atomic mass is 35.5. The van der Waals surface area contributed by atoms with Crippen molar-refractivity contribution in [1.82, 2.24) is 19.6 Å². The molecule has 1 spiro atoms. The third-order valence-corrected chi connectivity index (χ3v) is 7.17. The van der Waals surface area contributed by atoms with E-state index < -0.39 is 17.4 Å². The molecule has 172 valence electrons. The average Bonchev–Trinajstić information content (AvgIpc) is 2.95. The molecule has 8 nitrogen and oxygen atoms in total. The zero-order valence-electron chi connectivity index (χ0n) is 18.0. The van der Waals surface area contributed by atoms with Gasteiger partial charge >= 0.3 is 6.03 Å². The smallest absolute Gasteiger partial charge is 0.327 e. The van der Waals surface area contributed by atoms with Crippen molar-refractivity contribution < 1.29 is 23.6 Å². The van der Waals surface area contributed by atoms with Crippen molar-refractivity contribution in [1.29, 1.82) is 0 Å². The zero-order valence-corrected chi connectivity index (χ0v) is 18.7. The molecule has 0 radical (unpaired) electrons. The molecule has 2 saturated heterocycles. The van der Waals surface area contributed by atoms with E-state index in [9.17, 15) is 23.6 Å². The number of piperazine rings is 1. The summed E-state index contributed by atoms with van der Waals surface area (Å²) >= 11 is 5.99. The number of amides is 5. The van der Waals surface area contributed by atoms with Crippen LogP contribution in [0.15, 0.2) is 18.2 Å². The first kappa shape index (κ1) is 22.5. The minimum Gasteiger partial charge on any atom is -0.338 e. The van der Waals surface area contributed by atoms with Crippen molar-refractivity contribution in [3.05, 3.63) is 34.6 Å². The van der Waals surface area contributed by atoms with Gasteiger partial charge in [-0.15, -0.1) is 0 Å². The van der Waals surface area contributed by atoms with E-state index in [2.05, 4.69) is 0 Å². The molecular formula is C22H26ClFN4O4. The van der Waals surface area contributed by atoms with Gasteiger partial charge in [0, 0.05) is 33.2 Å². The van der Waals surface area contributed by atoms with E-state index in [1.54, 1.807) is 16.8 Å². The third kappa shape index (κ3) is 3.83. The molecule has 0 atom stereocenters. The first-order chi connectivity index (χ1) is 15.2. The predicted molar refractivity (Wildman–Crippen MR) is 115 cm³/mol. The van der Waals surface area contributed by atoms with Gasteiger partial charge in [0.15, 0.2) is 0 Å². The summed E-state index contributed by atoms with van der Waals surface area (Å²) in [5.74, 6) is -1.45. The highest BCUT2D eigenvalue weighted by Crippen LogP contribution is 2.39. The molecule has 1 saturated carbocycles. The van der Waals surface area contributed by atoms with Crippen LogP contribution in [0.4, 0.5) is 9.18 Å². The van der Waals surface area contributed by atoms with Crippen molar-refractivity contribution in [3.63, 3.8) is 0 Å². The van der Waals surface area contributed by atoms with Gasteiger partial charge in [-0.1, -0.05) is 30.9 Å². The van der Waals surface area contributed by atoms with Crippen LogP contribution in [0.5, 0.6) is 0 Å². The molecule has 0 unspecified atom stereocenters. The van der Waals surface area contributed by atoms with Crippen molar-refractivity contribution in [2.75, 3.05) is 39.8 Å². The standard InChI is InChI=1S/C22H26ClFN4O4/c1-25-21(32)28(20(31)22(25)7-3-2-4-8-22)14-18(29)26-9-11-27(12-10-26)19(30)16-6-5-15(24)13-17(16)23/h5-6,13H,2-4,7-12,14H2,1H3. The minimum absolute atomic E-state index is 0.0420. The van der Waals surface area contributed by atoms with Crippen LogP contribution in [-0.2, 0) is 9.59 Å². The van der Waals surface area contributed by atoms with Crippen LogP contribution < -0.4 is 0 Å². The lowest BCUT2D eigenvalue weighted by Gasteiger charge is -2.36. The number of halogens is 2. The maximum absolute atomic E-state index is 13.2. The molecule has 2 aliphatic heterocycles. The molecule has 2 heterocycles. The van der Waals surface area contributed by atoms with Gasteiger partial charge < -0.3 is 14.7 Å². The first-order valence-electron chi connectivity index (χ1n) is 10.9. The number of benzene rings is 1. The molecule has 32 heavy (non-hydrogen) atoms. The first-order valence-corrected chi connectivity index (χ1v) is 11.2. The lowest BCUT2D eigenvalue weighted by molar-refractivity contribution is -0.141. The van der Waals surface area contributed by atoms with Crippen molar-refractivity contribution in [3.8, 4) is 0 Å². The lowest BCUT2D eigenvalue weighted by Crippen LogP contribution is -2.53. The molecule has 1 aliphatic carbocycles. The summed E-state index contributed by atoms with van der Waals surface area (Å²) in [6.45, 7) is 0.830. The largest absolute Gasteiger partial charge is 0.338 e. The Labute approximate surface area is 190 Å². The molecule has 3 aliphatic rings. The fourth-order valence-corrected chi connectivity index (χ4v) is 5.15. The van der Waals surface area contributed by atoms with Gasteiger partial charge in [0.05, 0.1) is 10.6 Å². The number of urea groups is 1. The second kappa shape index (κ2) is 8.69. The number of imide groups is 1. The summed E-state index contributed by atoms with van der Waals surface area (Å²) in [5.41, 5.74) is -0.600. The number of carbonyl (C=O) groups is 4. The second-order valence-electron chi connectivity index (χ2n) is 8.62. The zero-order chi connectivity index (χ0) is 23.0. The van der Waals surface area contributed by atoms with Crippen LogP contribution in [0.25, 0.3) is 0 Å². The molecule has 4 rings (SSSR count).